The fourth-order valence-electron chi connectivity index (χ4n) is 2.36. The van der Waals surface area contributed by atoms with Gasteiger partial charge in [0, 0.05) is 39.8 Å². The van der Waals surface area contributed by atoms with Crippen LogP contribution in [0.5, 0.6) is 0 Å². The lowest BCUT2D eigenvalue weighted by atomic mass is 10.2. The zero-order chi connectivity index (χ0) is 20.0. The van der Waals surface area contributed by atoms with E-state index >= 15 is 0 Å². The van der Waals surface area contributed by atoms with Crippen LogP contribution in [-0.4, -0.2) is 39.8 Å². The van der Waals surface area contributed by atoms with Gasteiger partial charge in [-0.25, -0.2) is 21.5 Å². The zero-order valence-electron chi connectivity index (χ0n) is 15.3. The minimum atomic E-state index is -3.59. The number of guanidine groups is 1. The largest absolute Gasteiger partial charge is 0.352 e. The molecule has 6 nitrogen and oxygen atoms in total. The molecule has 0 saturated carbocycles. The third kappa shape index (κ3) is 5.24. The summed E-state index contributed by atoms with van der Waals surface area (Å²) in [5.41, 5.74) is 0.722. The van der Waals surface area contributed by atoms with Gasteiger partial charge in [0.25, 0.3) is 0 Å². The Hall–Kier alpha value is -2.52. The Labute approximate surface area is 158 Å². The normalized spacial score (nSPS) is 12.3. The number of nitrogens with zero attached hydrogens (tertiary/aromatic N) is 2. The molecule has 0 aliphatic rings. The molecule has 0 amide bonds. The molecule has 2 N–H and O–H groups in total. The van der Waals surface area contributed by atoms with Gasteiger partial charge in [0.1, 0.15) is 11.6 Å². The van der Waals surface area contributed by atoms with Crippen LogP contribution in [0.2, 0.25) is 0 Å². The summed E-state index contributed by atoms with van der Waals surface area (Å²) in [4.78, 5) is 4.20. The molecule has 0 saturated heterocycles. The Morgan fingerprint density at radius 2 is 1.67 bits per heavy atom. The van der Waals surface area contributed by atoms with Crippen molar-refractivity contribution in [3.05, 3.63) is 65.2 Å². The van der Waals surface area contributed by atoms with Crippen molar-refractivity contribution < 1.29 is 17.2 Å². The van der Waals surface area contributed by atoms with E-state index in [1.165, 1.54) is 27.2 Å². The quantitative estimate of drug-likeness (QED) is 0.579. The molecule has 2 rings (SSSR count). The summed E-state index contributed by atoms with van der Waals surface area (Å²) >= 11 is 0. The number of hydrogen-bond acceptors (Lipinski definition) is 3. The first-order chi connectivity index (χ1) is 12.8. The second-order valence-corrected chi connectivity index (χ2v) is 8.03. The van der Waals surface area contributed by atoms with Gasteiger partial charge >= 0.3 is 0 Å². The SMILES string of the molecule is CN=C(NCc1cc(F)ccc1F)NCc1ccccc1S(=O)(=O)N(C)C. The number of hydrogen-bond donors (Lipinski definition) is 2. The second kappa shape index (κ2) is 8.92. The Bertz CT molecular complexity index is 931. The van der Waals surface area contributed by atoms with E-state index in [-0.39, 0.29) is 23.5 Å². The molecule has 0 aliphatic carbocycles. The number of aliphatic imine (C=N–C) groups is 1. The molecule has 0 atom stereocenters. The summed E-state index contributed by atoms with van der Waals surface area (Å²) in [6.45, 7) is 0.218. The Morgan fingerprint density at radius 1 is 1.04 bits per heavy atom. The lowest BCUT2D eigenvalue weighted by Crippen LogP contribution is -2.37. The van der Waals surface area contributed by atoms with Gasteiger partial charge in [-0.15, -0.1) is 0 Å². The Kier molecular flexibility index (Phi) is 6.86. The van der Waals surface area contributed by atoms with Crippen molar-refractivity contribution in [2.75, 3.05) is 21.1 Å². The molecular weight excluding hydrogens is 374 g/mol. The topological polar surface area (TPSA) is 73.8 Å². The molecule has 0 spiro atoms. The minimum absolute atomic E-state index is 0.0287. The van der Waals surface area contributed by atoms with E-state index in [1.54, 1.807) is 18.2 Å². The number of benzene rings is 2. The van der Waals surface area contributed by atoms with Crippen LogP contribution in [0.15, 0.2) is 52.4 Å². The second-order valence-electron chi connectivity index (χ2n) is 5.91. The van der Waals surface area contributed by atoms with E-state index in [9.17, 15) is 17.2 Å². The van der Waals surface area contributed by atoms with Gasteiger partial charge in [-0.2, -0.15) is 0 Å². The minimum Gasteiger partial charge on any atom is -0.352 e. The van der Waals surface area contributed by atoms with Gasteiger partial charge in [0.05, 0.1) is 4.90 Å². The molecule has 9 heteroatoms. The van der Waals surface area contributed by atoms with Crippen molar-refractivity contribution in [3.63, 3.8) is 0 Å². The number of rotatable bonds is 6. The van der Waals surface area contributed by atoms with Crippen molar-refractivity contribution in [2.24, 2.45) is 4.99 Å². The van der Waals surface area contributed by atoms with E-state index in [0.717, 1.165) is 22.5 Å². The molecule has 146 valence electrons. The standard InChI is InChI=1S/C18H22F2N4O2S/c1-21-18(23-12-14-10-15(19)8-9-16(14)20)22-11-13-6-4-5-7-17(13)27(25,26)24(2)3/h4-10H,11-12H2,1-3H3,(H2,21,22,23). The maximum atomic E-state index is 13.7. The summed E-state index contributed by atoms with van der Waals surface area (Å²) in [5.74, 6) is -0.726. The third-order valence-electron chi connectivity index (χ3n) is 3.86. The molecule has 0 bridgehead atoms. The van der Waals surface area contributed by atoms with Crippen LogP contribution in [-0.2, 0) is 23.1 Å². The maximum absolute atomic E-state index is 13.7. The van der Waals surface area contributed by atoms with Crippen LogP contribution >= 0.6 is 0 Å². The summed E-state index contributed by atoms with van der Waals surface area (Å²) in [7, 11) is 0.873. The number of nitrogens with one attached hydrogen (secondary N) is 2. The summed E-state index contributed by atoms with van der Waals surface area (Å²) in [5, 5.41) is 5.86. The summed E-state index contributed by atoms with van der Waals surface area (Å²) in [6.07, 6.45) is 0. The van der Waals surface area contributed by atoms with Crippen molar-refractivity contribution in [1.82, 2.24) is 14.9 Å². The van der Waals surface area contributed by atoms with Gasteiger partial charge in [-0.3, -0.25) is 4.99 Å². The fourth-order valence-corrected chi connectivity index (χ4v) is 3.47. The van der Waals surface area contributed by atoms with Crippen molar-refractivity contribution in [2.45, 2.75) is 18.0 Å². The first-order valence-corrected chi connectivity index (χ1v) is 9.58. The van der Waals surface area contributed by atoms with Crippen LogP contribution in [0.3, 0.4) is 0 Å². The van der Waals surface area contributed by atoms with E-state index in [0.29, 0.717) is 11.5 Å². The van der Waals surface area contributed by atoms with Crippen molar-refractivity contribution >= 4 is 16.0 Å². The predicted molar refractivity (Wildman–Crippen MR) is 101 cm³/mol. The highest BCUT2D eigenvalue weighted by Gasteiger charge is 2.20. The lowest BCUT2D eigenvalue weighted by Gasteiger charge is -2.17. The zero-order valence-corrected chi connectivity index (χ0v) is 16.1. The predicted octanol–water partition coefficient (Wildman–Crippen LogP) is 2.08. The molecule has 0 fully saturated rings. The fraction of sp³-hybridized carbons (Fsp3) is 0.278. The Balaban J connectivity index is 2.08. The smallest absolute Gasteiger partial charge is 0.242 e. The highest BCUT2D eigenvalue weighted by Crippen LogP contribution is 2.18. The average molecular weight is 396 g/mol. The summed E-state index contributed by atoms with van der Waals surface area (Å²) < 4.78 is 52.9. The van der Waals surface area contributed by atoms with Gasteiger partial charge in [0.2, 0.25) is 10.0 Å². The van der Waals surface area contributed by atoms with Crippen LogP contribution in [0.25, 0.3) is 0 Å². The molecule has 0 aliphatic heterocycles. The molecule has 0 radical (unpaired) electrons. The number of halogens is 2. The van der Waals surface area contributed by atoms with Crippen molar-refractivity contribution in [1.29, 1.82) is 0 Å². The van der Waals surface area contributed by atoms with Crippen LogP contribution < -0.4 is 10.6 Å². The average Bonchev–Trinajstić information content (AvgIpc) is 2.64. The van der Waals surface area contributed by atoms with Crippen LogP contribution in [0, 0.1) is 11.6 Å². The lowest BCUT2D eigenvalue weighted by molar-refractivity contribution is 0.519. The third-order valence-corrected chi connectivity index (χ3v) is 5.77. The molecule has 27 heavy (non-hydrogen) atoms. The van der Waals surface area contributed by atoms with E-state index in [2.05, 4.69) is 15.6 Å². The van der Waals surface area contributed by atoms with E-state index in [4.69, 9.17) is 0 Å². The van der Waals surface area contributed by atoms with Crippen molar-refractivity contribution in [3.8, 4) is 0 Å². The molecule has 0 unspecified atom stereocenters. The van der Waals surface area contributed by atoms with Gasteiger partial charge in [-0.05, 0) is 29.8 Å². The molecule has 0 heterocycles. The molecular formula is C18H22F2N4O2S. The highest BCUT2D eigenvalue weighted by atomic mass is 32.2. The first-order valence-electron chi connectivity index (χ1n) is 8.14. The maximum Gasteiger partial charge on any atom is 0.242 e. The highest BCUT2D eigenvalue weighted by molar-refractivity contribution is 7.89. The monoisotopic (exact) mass is 396 g/mol. The van der Waals surface area contributed by atoms with E-state index < -0.39 is 21.7 Å². The van der Waals surface area contributed by atoms with E-state index in [1.807, 2.05) is 0 Å². The molecule has 2 aromatic carbocycles. The molecule has 0 aromatic heterocycles. The van der Waals surface area contributed by atoms with Crippen LogP contribution in [0.4, 0.5) is 8.78 Å². The first kappa shape index (κ1) is 20.8. The summed E-state index contributed by atoms with van der Waals surface area (Å²) in [6, 6.07) is 9.84. The van der Waals surface area contributed by atoms with Gasteiger partial charge in [0.15, 0.2) is 5.96 Å². The van der Waals surface area contributed by atoms with Gasteiger partial charge in [-0.1, -0.05) is 18.2 Å². The molecule has 2 aromatic rings. The Morgan fingerprint density at radius 3 is 2.30 bits per heavy atom. The van der Waals surface area contributed by atoms with Crippen LogP contribution in [0.1, 0.15) is 11.1 Å². The number of sulfonamides is 1. The van der Waals surface area contributed by atoms with Gasteiger partial charge < -0.3 is 10.6 Å².